The normalized spacial score (nSPS) is 13.8. The van der Waals surface area contributed by atoms with Gasteiger partial charge >= 0.3 is 0 Å². The van der Waals surface area contributed by atoms with Gasteiger partial charge in [0.25, 0.3) is 11.8 Å². The van der Waals surface area contributed by atoms with Gasteiger partial charge in [-0.3, -0.25) is 14.4 Å². The highest BCUT2D eigenvalue weighted by molar-refractivity contribution is 7.11. The van der Waals surface area contributed by atoms with Gasteiger partial charge in [0.1, 0.15) is 5.70 Å². The van der Waals surface area contributed by atoms with E-state index in [0.29, 0.717) is 48.9 Å². The molecule has 0 unspecified atom stereocenters. The predicted molar refractivity (Wildman–Crippen MR) is 120 cm³/mol. The Labute approximate surface area is 185 Å². The topological polar surface area (TPSA) is 88.2 Å². The molecule has 31 heavy (non-hydrogen) atoms. The highest BCUT2D eigenvalue weighted by Gasteiger charge is 2.42. The number of rotatable bonds is 10. The first kappa shape index (κ1) is 22.7. The van der Waals surface area contributed by atoms with Crippen LogP contribution in [0.2, 0.25) is 0 Å². The first-order valence-corrected chi connectivity index (χ1v) is 10.6. The van der Waals surface area contributed by atoms with Gasteiger partial charge in [-0.25, -0.2) is 4.90 Å². The number of imide groups is 1. The summed E-state index contributed by atoms with van der Waals surface area (Å²) in [5.74, 6) is -0.973. The van der Waals surface area contributed by atoms with Crippen molar-refractivity contribution < 1.29 is 23.9 Å². The van der Waals surface area contributed by atoms with E-state index in [2.05, 4.69) is 5.32 Å². The molecule has 2 aromatic rings. The van der Waals surface area contributed by atoms with Crippen LogP contribution in [-0.4, -0.2) is 63.1 Å². The molecule has 8 nitrogen and oxygen atoms in total. The quantitative estimate of drug-likeness (QED) is 0.568. The van der Waals surface area contributed by atoms with Gasteiger partial charge in [-0.2, -0.15) is 0 Å². The Morgan fingerprint density at radius 1 is 1.03 bits per heavy atom. The minimum absolute atomic E-state index is 0.197. The molecule has 9 heteroatoms. The van der Waals surface area contributed by atoms with Crippen LogP contribution in [0, 0.1) is 0 Å². The minimum atomic E-state index is -0.395. The number of hydrogen-bond donors (Lipinski definition) is 1. The number of hydrogen-bond acceptors (Lipinski definition) is 7. The van der Waals surface area contributed by atoms with Gasteiger partial charge in [0.2, 0.25) is 5.91 Å². The van der Waals surface area contributed by atoms with E-state index in [1.54, 1.807) is 38.5 Å². The molecule has 2 heterocycles. The summed E-state index contributed by atoms with van der Waals surface area (Å²) in [5, 5.41) is 4.55. The third-order valence-electron chi connectivity index (χ3n) is 4.72. The summed E-state index contributed by atoms with van der Waals surface area (Å²) in [6.07, 6.45) is 0. The molecule has 0 fully saturated rings. The zero-order chi connectivity index (χ0) is 22.4. The predicted octanol–water partition coefficient (Wildman–Crippen LogP) is 2.59. The summed E-state index contributed by atoms with van der Waals surface area (Å²) >= 11 is 1.41. The molecule has 0 saturated heterocycles. The largest absolute Gasteiger partial charge is 0.383 e. The van der Waals surface area contributed by atoms with E-state index in [1.807, 2.05) is 22.4 Å². The Kier molecular flexibility index (Phi) is 7.56. The van der Waals surface area contributed by atoms with Crippen LogP contribution in [0.3, 0.4) is 0 Å². The lowest BCUT2D eigenvalue weighted by Gasteiger charge is -2.25. The zero-order valence-corrected chi connectivity index (χ0v) is 18.5. The summed E-state index contributed by atoms with van der Waals surface area (Å²) in [6, 6.07) is 10.3. The van der Waals surface area contributed by atoms with Gasteiger partial charge in [-0.1, -0.05) is 6.07 Å². The molecular formula is C22H25N3O5S. The molecule has 0 aliphatic carbocycles. The van der Waals surface area contributed by atoms with Crippen molar-refractivity contribution in [3.63, 3.8) is 0 Å². The van der Waals surface area contributed by atoms with E-state index in [-0.39, 0.29) is 11.8 Å². The van der Waals surface area contributed by atoms with Crippen LogP contribution in [0.25, 0.3) is 5.57 Å². The average Bonchev–Trinajstić information content (AvgIpc) is 3.35. The van der Waals surface area contributed by atoms with Crippen LogP contribution < -0.4 is 10.2 Å². The van der Waals surface area contributed by atoms with Crippen molar-refractivity contribution >= 4 is 46.0 Å². The van der Waals surface area contributed by atoms with E-state index in [4.69, 9.17) is 9.47 Å². The summed E-state index contributed by atoms with van der Waals surface area (Å²) < 4.78 is 10.4. The molecule has 1 aromatic carbocycles. The van der Waals surface area contributed by atoms with E-state index >= 15 is 0 Å². The van der Waals surface area contributed by atoms with Crippen molar-refractivity contribution in [2.75, 3.05) is 50.7 Å². The average molecular weight is 444 g/mol. The van der Waals surface area contributed by atoms with E-state index in [1.165, 1.54) is 23.2 Å². The lowest BCUT2D eigenvalue weighted by molar-refractivity contribution is -0.121. The Hall–Kier alpha value is -3.01. The Morgan fingerprint density at radius 3 is 2.19 bits per heavy atom. The number of carbonyl (C=O) groups excluding carboxylic acids is 3. The fraction of sp³-hybridized carbons (Fsp3) is 0.318. The number of thiophene rings is 1. The lowest BCUT2D eigenvalue weighted by Crippen LogP contribution is -2.37. The molecule has 0 bridgehead atoms. The number of nitrogens with zero attached hydrogens (tertiary/aromatic N) is 2. The smallest absolute Gasteiger partial charge is 0.282 e. The number of ether oxygens (including phenoxy) is 2. The van der Waals surface area contributed by atoms with Crippen molar-refractivity contribution in [3.8, 4) is 0 Å². The van der Waals surface area contributed by atoms with Crippen LogP contribution in [0.15, 0.2) is 47.5 Å². The Morgan fingerprint density at radius 2 is 1.68 bits per heavy atom. The number of amides is 3. The van der Waals surface area contributed by atoms with Crippen LogP contribution in [0.4, 0.5) is 11.4 Å². The van der Waals surface area contributed by atoms with Gasteiger partial charge in [-0.15, -0.1) is 11.3 Å². The molecule has 1 aliphatic rings. The van der Waals surface area contributed by atoms with Crippen molar-refractivity contribution in [2.24, 2.45) is 0 Å². The lowest BCUT2D eigenvalue weighted by atomic mass is 10.1. The van der Waals surface area contributed by atoms with Crippen LogP contribution in [-0.2, 0) is 23.9 Å². The van der Waals surface area contributed by atoms with Crippen molar-refractivity contribution in [1.29, 1.82) is 0 Å². The summed E-state index contributed by atoms with van der Waals surface area (Å²) in [6.45, 7) is 3.10. The molecule has 0 saturated carbocycles. The fourth-order valence-corrected chi connectivity index (χ4v) is 4.09. The summed E-state index contributed by atoms with van der Waals surface area (Å²) in [4.78, 5) is 42.0. The summed E-state index contributed by atoms with van der Waals surface area (Å²) in [7, 11) is 3.18. The van der Waals surface area contributed by atoms with Crippen molar-refractivity contribution in [3.05, 3.63) is 52.4 Å². The number of benzene rings is 1. The Bertz CT molecular complexity index is 962. The summed E-state index contributed by atoms with van der Waals surface area (Å²) in [5.41, 5.74) is 1.74. The second-order valence-electron chi connectivity index (χ2n) is 6.85. The second kappa shape index (κ2) is 10.3. The SMILES string of the molecule is COCCN(CCOC)C1=C(c2cccs2)C(=O)N(c2ccc(NC(C)=O)cc2)C1=O. The zero-order valence-electron chi connectivity index (χ0n) is 17.7. The molecule has 3 rings (SSSR count). The van der Waals surface area contributed by atoms with E-state index in [0.717, 1.165) is 4.88 Å². The standard InChI is InChI=1S/C22H25N3O5S/c1-15(26)23-16-6-8-17(9-7-16)25-21(27)19(18-5-4-14-31-18)20(22(25)28)24(10-12-29-2)11-13-30-3/h4-9,14H,10-13H2,1-3H3,(H,23,26). The van der Waals surface area contributed by atoms with Crippen LogP contribution in [0.1, 0.15) is 11.8 Å². The fourth-order valence-electron chi connectivity index (χ4n) is 3.32. The molecule has 0 spiro atoms. The van der Waals surface area contributed by atoms with E-state index in [9.17, 15) is 14.4 Å². The van der Waals surface area contributed by atoms with Gasteiger partial charge in [-0.05, 0) is 35.7 Å². The maximum absolute atomic E-state index is 13.5. The highest BCUT2D eigenvalue weighted by Crippen LogP contribution is 2.36. The third-order valence-corrected chi connectivity index (χ3v) is 5.61. The number of anilines is 2. The molecule has 164 valence electrons. The van der Waals surface area contributed by atoms with Crippen LogP contribution >= 0.6 is 11.3 Å². The molecule has 1 aliphatic heterocycles. The monoisotopic (exact) mass is 443 g/mol. The first-order chi connectivity index (χ1) is 15.0. The molecule has 3 amide bonds. The minimum Gasteiger partial charge on any atom is -0.383 e. The molecule has 1 N–H and O–H groups in total. The Balaban J connectivity index is 2.00. The van der Waals surface area contributed by atoms with Crippen molar-refractivity contribution in [2.45, 2.75) is 6.92 Å². The van der Waals surface area contributed by atoms with Crippen molar-refractivity contribution in [1.82, 2.24) is 4.90 Å². The van der Waals surface area contributed by atoms with Gasteiger partial charge in [0.05, 0.1) is 24.5 Å². The molecular weight excluding hydrogens is 418 g/mol. The first-order valence-electron chi connectivity index (χ1n) is 9.75. The molecule has 1 aromatic heterocycles. The van der Waals surface area contributed by atoms with Gasteiger partial charge < -0.3 is 19.7 Å². The molecule has 0 atom stereocenters. The highest BCUT2D eigenvalue weighted by atomic mass is 32.1. The van der Waals surface area contributed by atoms with E-state index < -0.39 is 5.91 Å². The molecule has 0 radical (unpaired) electrons. The van der Waals surface area contributed by atoms with Crippen LogP contribution in [0.5, 0.6) is 0 Å². The van der Waals surface area contributed by atoms with Gasteiger partial charge in [0.15, 0.2) is 0 Å². The maximum Gasteiger partial charge on any atom is 0.282 e. The number of nitrogens with one attached hydrogen (secondary N) is 1. The number of methoxy groups -OCH3 is 2. The van der Waals surface area contributed by atoms with Gasteiger partial charge in [0, 0.05) is 44.8 Å². The third kappa shape index (κ3) is 5.01. The number of carbonyl (C=O) groups is 3. The maximum atomic E-state index is 13.5. The second-order valence-corrected chi connectivity index (χ2v) is 7.80.